The third kappa shape index (κ3) is 4.24. The Kier molecular flexibility index (Phi) is 5.24. The van der Waals surface area contributed by atoms with E-state index in [4.69, 9.17) is 5.73 Å². The number of rotatable bonds is 5. The van der Waals surface area contributed by atoms with E-state index in [9.17, 15) is 9.00 Å². The number of hydrogen-bond donors (Lipinski definition) is 2. The summed E-state index contributed by atoms with van der Waals surface area (Å²) in [7, 11) is -0.936. The van der Waals surface area contributed by atoms with Gasteiger partial charge in [-0.15, -0.1) is 0 Å². The fourth-order valence-corrected chi connectivity index (χ4v) is 1.50. The second-order valence-corrected chi connectivity index (χ2v) is 5.56. The zero-order valence-electron chi connectivity index (χ0n) is 9.97. The summed E-state index contributed by atoms with van der Waals surface area (Å²) in [6.45, 7) is 2.52. The summed E-state index contributed by atoms with van der Waals surface area (Å²) >= 11 is 0. The molecule has 3 N–H and O–H groups in total. The van der Waals surface area contributed by atoms with Gasteiger partial charge in [-0.25, -0.2) is 0 Å². The van der Waals surface area contributed by atoms with Crippen molar-refractivity contribution in [2.75, 3.05) is 12.8 Å². The van der Waals surface area contributed by atoms with E-state index in [0.717, 1.165) is 0 Å². The first-order valence-electron chi connectivity index (χ1n) is 5.30. The van der Waals surface area contributed by atoms with Crippen molar-refractivity contribution >= 4 is 16.7 Å². The molecule has 0 saturated heterocycles. The number of aromatic nitrogens is 1. The standard InChI is InChI=1S/C11H17N3O2S/c1-8(17(2)16)7-14-11(15)9-3-4-13-10(5-9)6-12/h3-5,8H,6-7,12H2,1-2H3,(H,14,15). The van der Waals surface area contributed by atoms with Crippen LogP contribution in [0.2, 0.25) is 0 Å². The molecule has 17 heavy (non-hydrogen) atoms. The van der Waals surface area contributed by atoms with Gasteiger partial charge in [0, 0.05) is 47.2 Å². The molecule has 0 spiro atoms. The molecular weight excluding hydrogens is 238 g/mol. The Labute approximate surface area is 103 Å². The number of pyridine rings is 1. The van der Waals surface area contributed by atoms with E-state index in [2.05, 4.69) is 10.3 Å². The molecule has 1 rings (SSSR count). The van der Waals surface area contributed by atoms with E-state index in [0.29, 0.717) is 24.3 Å². The number of amides is 1. The molecule has 0 aliphatic rings. The first-order chi connectivity index (χ1) is 8.04. The topological polar surface area (TPSA) is 85.1 Å². The van der Waals surface area contributed by atoms with Crippen LogP contribution in [0.5, 0.6) is 0 Å². The lowest BCUT2D eigenvalue weighted by atomic mass is 10.2. The van der Waals surface area contributed by atoms with E-state index in [-0.39, 0.29) is 11.2 Å². The minimum atomic E-state index is -0.936. The van der Waals surface area contributed by atoms with Crippen LogP contribution < -0.4 is 11.1 Å². The van der Waals surface area contributed by atoms with Crippen LogP contribution in [0.25, 0.3) is 0 Å². The van der Waals surface area contributed by atoms with Crippen molar-refractivity contribution in [3.63, 3.8) is 0 Å². The molecule has 94 valence electrons. The largest absolute Gasteiger partial charge is 0.351 e. The molecule has 0 saturated carbocycles. The summed E-state index contributed by atoms with van der Waals surface area (Å²) in [6.07, 6.45) is 3.17. The summed E-state index contributed by atoms with van der Waals surface area (Å²) < 4.78 is 11.1. The average Bonchev–Trinajstić information content (AvgIpc) is 2.35. The van der Waals surface area contributed by atoms with E-state index in [1.54, 1.807) is 24.6 Å². The van der Waals surface area contributed by atoms with Crippen molar-refractivity contribution in [3.05, 3.63) is 29.6 Å². The molecule has 2 unspecified atom stereocenters. The Hall–Kier alpha value is -1.27. The summed E-state index contributed by atoms with van der Waals surface area (Å²) in [4.78, 5) is 15.8. The minimum Gasteiger partial charge on any atom is -0.351 e. The number of carbonyl (C=O) groups is 1. The van der Waals surface area contributed by atoms with Crippen molar-refractivity contribution in [1.82, 2.24) is 10.3 Å². The minimum absolute atomic E-state index is 0.0604. The highest BCUT2D eigenvalue weighted by Gasteiger charge is 2.10. The molecule has 0 fully saturated rings. The lowest BCUT2D eigenvalue weighted by Gasteiger charge is -2.10. The first-order valence-corrected chi connectivity index (χ1v) is 6.92. The molecule has 0 aliphatic carbocycles. The molecule has 0 radical (unpaired) electrons. The molecule has 0 bridgehead atoms. The van der Waals surface area contributed by atoms with Crippen LogP contribution >= 0.6 is 0 Å². The second kappa shape index (κ2) is 6.46. The van der Waals surface area contributed by atoms with Crippen LogP contribution in [-0.4, -0.2) is 33.2 Å². The molecule has 1 aromatic rings. The second-order valence-electron chi connectivity index (χ2n) is 3.76. The van der Waals surface area contributed by atoms with Gasteiger partial charge in [-0.05, 0) is 19.1 Å². The lowest BCUT2D eigenvalue weighted by molar-refractivity contribution is 0.0954. The maximum absolute atomic E-state index is 11.8. The summed E-state index contributed by atoms with van der Waals surface area (Å²) in [5.41, 5.74) is 6.64. The molecule has 1 heterocycles. The molecule has 0 aliphatic heterocycles. The van der Waals surface area contributed by atoms with E-state index in [1.165, 1.54) is 0 Å². The number of nitrogens with two attached hydrogens (primary N) is 1. The van der Waals surface area contributed by atoms with Gasteiger partial charge in [0.25, 0.3) is 5.91 Å². The van der Waals surface area contributed by atoms with Gasteiger partial charge in [-0.2, -0.15) is 0 Å². The van der Waals surface area contributed by atoms with Crippen LogP contribution in [0.3, 0.4) is 0 Å². The van der Waals surface area contributed by atoms with Gasteiger partial charge in [0.2, 0.25) is 0 Å². The normalized spacial score (nSPS) is 14.1. The van der Waals surface area contributed by atoms with Gasteiger partial charge in [-0.1, -0.05) is 0 Å². The average molecular weight is 255 g/mol. The van der Waals surface area contributed by atoms with E-state index in [1.807, 2.05) is 6.92 Å². The van der Waals surface area contributed by atoms with E-state index < -0.39 is 10.8 Å². The van der Waals surface area contributed by atoms with Gasteiger partial charge in [0.05, 0.1) is 5.69 Å². The maximum atomic E-state index is 11.8. The molecule has 2 atom stereocenters. The molecule has 6 heteroatoms. The van der Waals surface area contributed by atoms with Gasteiger partial charge < -0.3 is 11.1 Å². The molecular formula is C11H17N3O2S. The SMILES string of the molecule is CC(CNC(=O)c1ccnc(CN)c1)S(C)=O. The Balaban J connectivity index is 2.60. The number of nitrogens with one attached hydrogen (secondary N) is 1. The first kappa shape index (κ1) is 13.8. The lowest BCUT2D eigenvalue weighted by Crippen LogP contribution is -2.32. The third-order valence-electron chi connectivity index (χ3n) is 2.40. The highest BCUT2D eigenvalue weighted by Crippen LogP contribution is 2.01. The Morgan fingerprint density at radius 3 is 2.94 bits per heavy atom. The summed E-state index contributed by atoms with van der Waals surface area (Å²) in [6, 6.07) is 3.28. The molecule has 1 amide bonds. The van der Waals surface area contributed by atoms with Crippen molar-refractivity contribution in [2.45, 2.75) is 18.7 Å². The van der Waals surface area contributed by atoms with Crippen LogP contribution in [-0.2, 0) is 17.3 Å². The monoisotopic (exact) mass is 255 g/mol. The van der Waals surface area contributed by atoms with Crippen molar-refractivity contribution in [2.24, 2.45) is 5.73 Å². The Morgan fingerprint density at radius 2 is 2.35 bits per heavy atom. The van der Waals surface area contributed by atoms with Gasteiger partial charge in [0.15, 0.2) is 0 Å². The third-order valence-corrected chi connectivity index (χ3v) is 3.70. The summed E-state index contributed by atoms with van der Waals surface area (Å²) in [5, 5.41) is 2.67. The predicted molar refractivity (Wildman–Crippen MR) is 68.0 cm³/mol. The Morgan fingerprint density at radius 1 is 1.65 bits per heavy atom. The molecule has 1 aromatic heterocycles. The quantitative estimate of drug-likeness (QED) is 0.778. The van der Waals surface area contributed by atoms with Crippen LogP contribution in [0.15, 0.2) is 18.3 Å². The fraction of sp³-hybridized carbons (Fsp3) is 0.455. The highest BCUT2D eigenvalue weighted by molar-refractivity contribution is 7.84. The smallest absolute Gasteiger partial charge is 0.251 e. The molecule has 0 aromatic carbocycles. The van der Waals surface area contributed by atoms with Gasteiger partial charge >= 0.3 is 0 Å². The predicted octanol–water partition coefficient (Wildman–Crippen LogP) is 0.0371. The van der Waals surface area contributed by atoms with Crippen molar-refractivity contribution in [3.8, 4) is 0 Å². The Bertz CT molecular complexity index is 423. The van der Waals surface area contributed by atoms with Crippen molar-refractivity contribution < 1.29 is 9.00 Å². The summed E-state index contributed by atoms with van der Waals surface area (Å²) in [5.74, 6) is -0.195. The highest BCUT2D eigenvalue weighted by atomic mass is 32.2. The number of nitrogens with zero attached hydrogens (tertiary/aromatic N) is 1. The number of carbonyl (C=O) groups excluding carboxylic acids is 1. The zero-order chi connectivity index (χ0) is 12.8. The maximum Gasteiger partial charge on any atom is 0.251 e. The van der Waals surface area contributed by atoms with Crippen molar-refractivity contribution in [1.29, 1.82) is 0 Å². The zero-order valence-corrected chi connectivity index (χ0v) is 10.8. The van der Waals surface area contributed by atoms with Crippen LogP contribution in [0.4, 0.5) is 0 Å². The van der Waals surface area contributed by atoms with Gasteiger partial charge in [0.1, 0.15) is 0 Å². The fourth-order valence-electron chi connectivity index (χ4n) is 1.19. The molecule has 5 nitrogen and oxygen atoms in total. The number of hydrogen-bond acceptors (Lipinski definition) is 4. The van der Waals surface area contributed by atoms with Crippen LogP contribution in [0, 0.1) is 0 Å². The van der Waals surface area contributed by atoms with E-state index >= 15 is 0 Å². The van der Waals surface area contributed by atoms with Gasteiger partial charge in [-0.3, -0.25) is 14.0 Å². The van der Waals surface area contributed by atoms with Crippen LogP contribution in [0.1, 0.15) is 23.0 Å².